The molecule has 0 bridgehead atoms. The topological polar surface area (TPSA) is 26.0 Å². The molecule has 1 fully saturated rings. The van der Waals surface area contributed by atoms with Crippen LogP contribution in [0.15, 0.2) is 0 Å². The van der Waals surface area contributed by atoms with Crippen LogP contribution in [-0.4, -0.2) is 17.5 Å². The Hall–Kier alpha value is 0.310. The summed E-state index contributed by atoms with van der Waals surface area (Å²) in [6.45, 7) is 3.14. The summed E-state index contributed by atoms with van der Waals surface area (Å²) in [4.78, 5) is 0. The normalized spacial score (nSPS) is 20.8. The van der Waals surface area contributed by atoms with Crippen LogP contribution in [0.5, 0.6) is 0 Å². The molecule has 0 aromatic carbocycles. The van der Waals surface area contributed by atoms with Gasteiger partial charge >= 0.3 is 0 Å². The molecule has 0 aromatic rings. The quantitative estimate of drug-likeness (QED) is 0.715. The fourth-order valence-electron chi connectivity index (χ4n) is 2.04. The van der Waals surface area contributed by atoms with E-state index < -0.39 is 0 Å². The number of hydrogen-bond donors (Lipinski definition) is 1. The Bertz CT molecular complexity index is 121. The molecule has 2 heteroatoms. The molecule has 13 heavy (non-hydrogen) atoms. The Kier molecular flexibility index (Phi) is 5.88. The number of hydrogen-bond acceptors (Lipinski definition) is 2. The van der Waals surface area contributed by atoms with E-state index in [1.165, 1.54) is 44.3 Å². The second kappa shape index (κ2) is 6.72. The second-order valence-electron chi connectivity index (χ2n) is 4.09. The maximum atomic E-state index is 5.58. The van der Waals surface area contributed by atoms with Crippen molar-refractivity contribution < 1.29 is 0 Å². The van der Waals surface area contributed by atoms with Crippen molar-refractivity contribution in [2.75, 3.05) is 12.3 Å². The van der Waals surface area contributed by atoms with Gasteiger partial charge in [-0.3, -0.25) is 0 Å². The summed E-state index contributed by atoms with van der Waals surface area (Å²) in [6, 6.07) is 0. The van der Waals surface area contributed by atoms with E-state index in [1.807, 2.05) is 0 Å². The Morgan fingerprint density at radius 2 is 2.08 bits per heavy atom. The summed E-state index contributed by atoms with van der Waals surface area (Å²) in [5.74, 6) is 2.41. The van der Waals surface area contributed by atoms with Crippen molar-refractivity contribution in [3.63, 3.8) is 0 Å². The zero-order valence-electron chi connectivity index (χ0n) is 8.80. The van der Waals surface area contributed by atoms with E-state index in [1.54, 1.807) is 0 Å². The van der Waals surface area contributed by atoms with E-state index in [9.17, 15) is 0 Å². The molecular weight excluding hydrogens is 178 g/mol. The Morgan fingerprint density at radius 3 is 2.62 bits per heavy atom. The second-order valence-corrected chi connectivity index (χ2v) is 5.42. The standard InChI is InChI=1S/C11H23NS/c1-2-11(7-8-12)13-9-10-5-3-4-6-10/h10-11H,2-9,12H2,1H3. The highest BCUT2D eigenvalue weighted by atomic mass is 32.2. The molecular formula is C11H23NS. The third kappa shape index (κ3) is 4.37. The predicted octanol–water partition coefficient (Wildman–Crippen LogP) is 3.04. The van der Waals surface area contributed by atoms with E-state index in [4.69, 9.17) is 5.73 Å². The smallest absolute Gasteiger partial charge is 0.00565 e. The molecule has 1 aliphatic rings. The van der Waals surface area contributed by atoms with E-state index in [-0.39, 0.29) is 0 Å². The first-order chi connectivity index (χ1) is 6.36. The van der Waals surface area contributed by atoms with Gasteiger partial charge in [-0.2, -0.15) is 11.8 Å². The fraction of sp³-hybridized carbons (Fsp3) is 1.00. The van der Waals surface area contributed by atoms with Gasteiger partial charge in [0.15, 0.2) is 0 Å². The summed E-state index contributed by atoms with van der Waals surface area (Å²) in [7, 11) is 0. The molecule has 1 atom stereocenters. The van der Waals surface area contributed by atoms with Crippen LogP contribution >= 0.6 is 11.8 Å². The lowest BCUT2D eigenvalue weighted by Crippen LogP contribution is -2.12. The Balaban J connectivity index is 2.07. The van der Waals surface area contributed by atoms with Crippen LogP contribution in [0.2, 0.25) is 0 Å². The van der Waals surface area contributed by atoms with Crippen molar-refractivity contribution in [1.29, 1.82) is 0 Å². The Morgan fingerprint density at radius 1 is 1.38 bits per heavy atom. The highest BCUT2D eigenvalue weighted by molar-refractivity contribution is 7.99. The number of nitrogens with two attached hydrogens (primary N) is 1. The minimum absolute atomic E-state index is 0.825. The van der Waals surface area contributed by atoms with Crippen LogP contribution < -0.4 is 5.73 Å². The van der Waals surface area contributed by atoms with Crippen molar-refractivity contribution >= 4 is 11.8 Å². The maximum Gasteiger partial charge on any atom is 0.00565 e. The van der Waals surface area contributed by atoms with E-state index in [0.29, 0.717) is 0 Å². The lowest BCUT2D eigenvalue weighted by molar-refractivity contribution is 0.619. The number of thioether (sulfide) groups is 1. The van der Waals surface area contributed by atoms with Crippen molar-refractivity contribution in [2.24, 2.45) is 11.7 Å². The summed E-state index contributed by atoms with van der Waals surface area (Å²) in [5.41, 5.74) is 5.58. The first kappa shape index (κ1) is 11.4. The zero-order valence-corrected chi connectivity index (χ0v) is 9.61. The molecule has 0 aliphatic heterocycles. The van der Waals surface area contributed by atoms with Crippen LogP contribution in [0, 0.1) is 5.92 Å². The van der Waals surface area contributed by atoms with Crippen molar-refractivity contribution in [3.05, 3.63) is 0 Å². The summed E-state index contributed by atoms with van der Waals surface area (Å²) in [5, 5.41) is 0.825. The molecule has 0 saturated heterocycles. The molecule has 0 amide bonds. The van der Waals surface area contributed by atoms with Gasteiger partial charge in [0.1, 0.15) is 0 Å². The van der Waals surface area contributed by atoms with E-state index in [0.717, 1.165) is 17.7 Å². The molecule has 1 aliphatic carbocycles. The third-order valence-electron chi connectivity index (χ3n) is 2.99. The molecule has 2 N–H and O–H groups in total. The first-order valence-corrected chi connectivity index (χ1v) is 6.73. The molecule has 1 saturated carbocycles. The van der Waals surface area contributed by atoms with E-state index in [2.05, 4.69) is 18.7 Å². The van der Waals surface area contributed by atoms with Gasteiger partial charge in [-0.15, -0.1) is 0 Å². The van der Waals surface area contributed by atoms with Crippen molar-refractivity contribution in [2.45, 2.75) is 50.7 Å². The van der Waals surface area contributed by atoms with Gasteiger partial charge in [-0.05, 0) is 43.9 Å². The van der Waals surface area contributed by atoms with Gasteiger partial charge < -0.3 is 5.73 Å². The molecule has 1 rings (SSSR count). The third-order valence-corrected chi connectivity index (χ3v) is 4.69. The van der Waals surface area contributed by atoms with Crippen LogP contribution in [0.3, 0.4) is 0 Å². The van der Waals surface area contributed by atoms with E-state index >= 15 is 0 Å². The zero-order chi connectivity index (χ0) is 9.52. The average molecular weight is 201 g/mol. The molecule has 0 spiro atoms. The lowest BCUT2D eigenvalue weighted by Gasteiger charge is -2.15. The summed E-state index contributed by atoms with van der Waals surface area (Å²) < 4.78 is 0. The van der Waals surface area contributed by atoms with Crippen LogP contribution in [0.25, 0.3) is 0 Å². The highest BCUT2D eigenvalue weighted by Crippen LogP contribution is 2.30. The molecule has 1 nitrogen and oxygen atoms in total. The lowest BCUT2D eigenvalue weighted by atomic mass is 10.1. The first-order valence-electron chi connectivity index (χ1n) is 5.68. The van der Waals surface area contributed by atoms with Crippen molar-refractivity contribution in [1.82, 2.24) is 0 Å². The Labute approximate surface area is 86.8 Å². The minimum atomic E-state index is 0.825. The van der Waals surface area contributed by atoms with Gasteiger partial charge in [0, 0.05) is 5.25 Å². The summed E-state index contributed by atoms with van der Waals surface area (Å²) in [6.07, 6.45) is 8.39. The molecule has 1 unspecified atom stereocenters. The minimum Gasteiger partial charge on any atom is -0.330 e. The SMILES string of the molecule is CCC(CCN)SCC1CCCC1. The van der Waals surface area contributed by atoms with Crippen LogP contribution in [0.1, 0.15) is 45.4 Å². The average Bonchev–Trinajstić information content (AvgIpc) is 2.64. The largest absolute Gasteiger partial charge is 0.330 e. The summed E-state index contributed by atoms with van der Waals surface area (Å²) >= 11 is 2.16. The van der Waals surface area contributed by atoms with Gasteiger partial charge in [-0.1, -0.05) is 19.8 Å². The van der Waals surface area contributed by atoms with Crippen LogP contribution in [0.4, 0.5) is 0 Å². The maximum absolute atomic E-state index is 5.58. The molecule has 0 radical (unpaired) electrons. The van der Waals surface area contributed by atoms with Gasteiger partial charge in [0.05, 0.1) is 0 Å². The molecule has 78 valence electrons. The van der Waals surface area contributed by atoms with Gasteiger partial charge in [-0.25, -0.2) is 0 Å². The number of rotatable bonds is 6. The highest BCUT2D eigenvalue weighted by Gasteiger charge is 2.16. The fourth-order valence-corrected chi connectivity index (χ4v) is 3.46. The van der Waals surface area contributed by atoms with Crippen LogP contribution in [-0.2, 0) is 0 Å². The predicted molar refractivity (Wildman–Crippen MR) is 62.2 cm³/mol. The molecule has 0 aromatic heterocycles. The van der Waals surface area contributed by atoms with Gasteiger partial charge in [0.2, 0.25) is 0 Å². The molecule has 0 heterocycles. The van der Waals surface area contributed by atoms with Gasteiger partial charge in [0.25, 0.3) is 0 Å². The monoisotopic (exact) mass is 201 g/mol. The van der Waals surface area contributed by atoms with Crippen molar-refractivity contribution in [3.8, 4) is 0 Å².